The molecule has 111 heavy (non-hydrogen) atoms. The van der Waals surface area contributed by atoms with Crippen molar-refractivity contribution in [3.05, 3.63) is 344 Å². The first kappa shape index (κ1) is 80.1. The van der Waals surface area contributed by atoms with Gasteiger partial charge in [0.1, 0.15) is 23.0 Å². The van der Waals surface area contributed by atoms with Crippen LogP contribution < -0.4 is 4.90 Å². The molecule has 4 aliphatic rings. The minimum absolute atomic E-state index is 0.0286. The zero-order chi connectivity index (χ0) is 80.2. The number of nitriles is 2. The summed E-state index contributed by atoms with van der Waals surface area (Å²) in [5.74, 6) is 2.54. The van der Waals surface area contributed by atoms with Crippen molar-refractivity contribution in [1.82, 2.24) is 4.90 Å². The molecule has 0 amide bonds. The first-order valence-electron chi connectivity index (χ1n) is 38.6. The van der Waals surface area contributed by atoms with Crippen LogP contribution in [0.25, 0.3) is 92.6 Å². The zero-order valence-corrected chi connectivity index (χ0v) is 68.8. The Balaban J connectivity index is 0.000000191. The van der Waals surface area contributed by atoms with Crippen molar-refractivity contribution < 1.29 is 9.47 Å². The number of aryl methyl sites for hydroxylation is 1. The van der Waals surface area contributed by atoms with E-state index in [4.69, 9.17) is 33.1 Å². The van der Waals surface area contributed by atoms with Gasteiger partial charge in [-0.2, -0.15) is 0 Å². The van der Waals surface area contributed by atoms with Gasteiger partial charge in [-0.05, 0) is 261 Å². The molecule has 0 saturated carbocycles. The summed E-state index contributed by atoms with van der Waals surface area (Å²) in [6.45, 7) is 60.0. The predicted molar refractivity (Wildman–Crippen MR) is 468 cm³/mol. The third kappa shape index (κ3) is 17.6. The smallest absolute Gasteiger partial charge is 0.269 e. The molecule has 13 rings (SSSR count). The van der Waals surface area contributed by atoms with Gasteiger partial charge < -0.3 is 19.3 Å². The van der Waals surface area contributed by atoms with E-state index in [0.717, 1.165) is 24.9 Å². The molecule has 4 heterocycles. The van der Waals surface area contributed by atoms with E-state index in [0.29, 0.717) is 40.2 Å². The number of fused-ring (bicyclic) bond motifs is 4. The number of hydrogen-bond donors (Lipinski definition) is 0. The molecule has 0 bridgehead atoms. The number of nitrogens with zero attached hydrogens (tertiary/aromatic N) is 6. The molecule has 9 aromatic rings. The quantitative estimate of drug-likeness (QED) is 0.0587. The topological polar surface area (TPSA) is 81.2 Å². The van der Waals surface area contributed by atoms with Crippen molar-refractivity contribution in [3.8, 4) is 56.6 Å². The molecule has 8 heteroatoms. The van der Waals surface area contributed by atoms with E-state index in [1.54, 1.807) is 31.2 Å². The van der Waals surface area contributed by atoms with Crippen LogP contribution >= 0.6 is 0 Å². The van der Waals surface area contributed by atoms with Crippen LogP contribution in [0.3, 0.4) is 0 Å². The van der Waals surface area contributed by atoms with Crippen LogP contribution in [0.4, 0.5) is 5.69 Å². The average molecular weight is 1460 g/mol. The fraction of sp³-hybridized carbons (Fsp3) is 0.282. The molecule has 9 aromatic carbocycles. The largest absolute Gasteiger partial charge is 0.462 e. The van der Waals surface area contributed by atoms with Crippen LogP contribution in [-0.4, -0.2) is 31.6 Å². The molecule has 1 fully saturated rings. The Hall–Kier alpha value is -11.9. The molecule has 1 atom stereocenters. The van der Waals surface area contributed by atoms with Gasteiger partial charge in [-0.3, -0.25) is 0 Å². The van der Waals surface area contributed by atoms with E-state index in [2.05, 4.69) is 301 Å². The van der Waals surface area contributed by atoms with E-state index >= 15 is 0 Å². The highest BCUT2D eigenvalue weighted by Gasteiger charge is 2.39. The van der Waals surface area contributed by atoms with Gasteiger partial charge in [0.2, 0.25) is 0 Å². The lowest BCUT2D eigenvalue weighted by Crippen LogP contribution is -2.36. The Morgan fingerprint density at radius 3 is 1.32 bits per heavy atom. The normalized spacial score (nSPS) is 16.7. The Bertz CT molecular complexity index is 5430. The van der Waals surface area contributed by atoms with Crippen LogP contribution in [0.15, 0.2) is 287 Å². The van der Waals surface area contributed by atoms with Crippen molar-refractivity contribution in [2.45, 2.75) is 165 Å². The second kappa shape index (κ2) is 32.3. The van der Waals surface area contributed by atoms with E-state index in [1.165, 1.54) is 127 Å². The first-order chi connectivity index (χ1) is 52.5. The Morgan fingerprint density at radius 1 is 0.514 bits per heavy atom. The number of anilines is 1. The maximum atomic E-state index is 9.11. The van der Waals surface area contributed by atoms with Crippen LogP contribution in [0.1, 0.15) is 164 Å². The highest BCUT2D eigenvalue weighted by molar-refractivity contribution is 6.34. The van der Waals surface area contributed by atoms with Crippen molar-refractivity contribution in [2.24, 2.45) is 5.41 Å². The van der Waals surface area contributed by atoms with Crippen molar-refractivity contribution in [2.75, 3.05) is 25.5 Å². The lowest BCUT2D eigenvalue weighted by atomic mass is 9.75. The summed E-state index contributed by atoms with van der Waals surface area (Å²) in [5.41, 5.74) is 24.2. The number of allylic oxidation sites excluding steroid dienone is 17. The number of benzene rings is 9. The van der Waals surface area contributed by atoms with Crippen LogP contribution in [0.5, 0.6) is 0 Å². The number of rotatable bonds is 10. The summed E-state index contributed by atoms with van der Waals surface area (Å²) < 4.78 is 11.4. The van der Waals surface area contributed by atoms with Crippen LogP contribution in [0.2, 0.25) is 0 Å². The monoisotopic (exact) mass is 1460 g/mol. The third-order valence-corrected chi connectivity index (χ3v) is 21.6. The molecule has 0 N–H and O–H groups in total. The predicted octanol–water partition coefficient (Wildman–Crippen LogP) is 27.5. The van der Waals surface area contributed by atoms with Gasteiger partial charge in [0.25, 0.3) is 11.4 Å². The average Bonchev–Trinajstić information content (AvgIpc) is 1.08. The maximum absolute atomic E-state index is 9.11. The van der Waals surface area contributed by atoms with Crippen LogP contribution in [-0.2, 0) is 31.1 Å². The van der Waals surface area contributed by atoms with Crippen molar-refractivity contribution in [3.63, 3.8) is 0 Å². The maximum Gasteiger partial charge on any atom is 0.269 e. The second-order valence-corrected chi connectivity index (χ2v) is 34.8. The summed E-state index contributed by atoms with van der Waals surface area (Å²) in [7, 11) is 4.04. The summed E-state index contributed by atoms with van der Waals surface area (Å²) in [4.78, 5) is 11.1. The van der Waals surface area contributed by atoms with Gasteiger partial charge in [0.15, 0.2) is 0 Å². The first-order valence-corrected chi connectivity index (χ1v) is 38.6. The van der Waals surface area contributed by atoms with Gasteiger partial charge >= 0.3 is 0 Å². The SMILES string of the molecule is CC(C)(C)c1ccc(-c2c3ccc(C(C)(C)C)cc3c(-c3ccccc3)c3c(-c4ccc(C(C)(C)C)cc4)c4ccc(C(C)(C)C)cc4c(-c4ccccc4)c23)cc1.[C-]#[N+]/C(C#N)=C1/C=C(C)OC(/C=C/C=C/C2=C3C(=C)CC(C)N3CCC2(C)C)=C1.[C-]#[N+]/C(C#N)=C1/C=C(C)OC(/C=C/c2ccc(N(C)C)c(C)c2)=C1. The molecule has 0 aliphatic carbocycles. The van der Waals surface area contributed by atoms with E-state index < -0.39 is 0 Å². The van der Waals surface area contributed by atoms with E-state index in [9.17, 15) is 0 Å². The minimum Gasteiger partial charge on any atom is -0.462 e. The summed E-state index contributed by atoms with van der Waals surface area (Å²) in [5, 5.41) is 25.9. The zero-order valence-electron chi connectivity index (χ0n) is 68.8. The van der Waals surface area contributed by atoms with E-state index in [-0.39, 0.29) is 38.5 Å². The fourth-order valence-electron chi connectivity index (χ4n) is 15.5. The highest BCUT2D eigenvalue weighted by atomic mass is 16.5. The number of ether oxygens (including phenoxy) is 2. The van der Waals surface area contributed by atoms with Crippen molar-refractivity contribution >= 4 is 44.1 Å². The molecule has 560 valence electrons. The lowest BCUT2D eigenvalue weighted by molar-refractivity contribution is 0.230. The molecule has 1 saturated heterocycles. The molecule has 4 aliphatic heterocycles. The molecule has 8 nitrogen and oxygen atoms in total. The van der Waals surface area contributed by atoms with Crippen LogP contribution in [0, 0.1) is 48.1 Å². The molecular weight excluding hydrogens is 1350 g/mol. The molecule has 0 radical (unpaired) electrons. The van der Waals surface area contributed by atoms with Gasteiger partial charge in [-0.25, -0.2) is 20.2 Å². The van der Waals surface area contributed by atoms with Gasteiger partial charge in [0.05, 0.1) is 25.3 Å². The standard InChI is InChI=1S/C58H60.C25H27N3O.C20H19N3O/c1-55(2,3)41-27-23-39(24-28-41)49-45-33-31-43(57(7,8)9)35-47(45)52(38-21-17-14-18-22-38)54-50(40-25-29-42(30-26-40)56(4,5)6)46-34-32-44(58(10,11)12)36-48(46)51(53(49)54)37-19-15-13-16-20-37;1-17-13-18(2)28-12-11-25(4,5)22(24(17)28)10-8-7-9-21-15-20(14-19(3)29-21)23(16-26)27-6;1-14-10-16(7-9-20(14)23(4)5)6-8-18-12-17(11-15(2)24-18)19(13-21)22-3/h13-36H,1-12H3;7-10,14-15,18H,1,11-13H2,2-5H3;6-12H,1-2,4-5H3/b;9-7+,10-8+,23-20-;8-6+,19-17-. The summed E-state index contributed by atoms with van der Waals surface area (Å²) in [6.07, 6.45) is 20.8. The van der Waals surface area contributed by atoms with Gasteiger partial charge in [-0.15, -0.1) is 0 Å². The summed E-state index contributed by atoms with van der Waals surface area (Å²) in [6, 6.07) is 66.5. The second-order valence-electron chi connectivity index (χ2n) is 34.8. The Kier molecular flexibility index (Phi) is 23.3. The molecule has 1 unspecified atom stereocenters. The highest BCUT2D eigenvalue weighted by Crippen LogP contribution is 2.55. The Labute approximate surface area is 661 Å². The van der Waals surface area contributed by atoms with Crippen molar-refractivity contribution in [1.29, 1.82) is 10.5 Å². The van der Waals surface area contributed by atoms with Gasteiger partial charge in [0, 0.05) is 38.1 Å². The third-order valence-electron chi connectivity index (χ3n) is 21.6. The lowest BCUT2D eigenvalue weighted by Gasteiger charge is -2.40. The number of hydrogen-bond acceptors (Lipinski definition) is 6. The van der Waals surface area contributed by atoms with E-state index in [1.807, 2.05) is 69.6 Å². The van der Waals surface area contributed by atoms with Gasteiger partial charge in [-0.1, -0.05) is 267 Å². The summed E-state index contributed by atoms with van der Waals surface area (Å²) >= 11 is 0. The molecule has 0 aromatic heterocycles. The molecule has 0 spiro atoms. The molecular formula is C103H106N6O2. The fourth-order valence-corrected chi connectivity index (χ4v) is 15.5. The Morgan fingerprint density at radius 2 is 0.919 bits per heavy atom. The minimum atomic E-state index is -0.0286.